The molecule has 2 amide bonds. The van der Waals surface area contributed by atoms with E-state index in [0.29, 0.717) is 28.0 Å². The monoisotopic (exact) mass is 371 g/mol. The Morgan fingerprint density at radius 1 is 0.750 bits per heavy atom. The number of imide groups is 1. The fourth-order valence-corrected chi connectivity index (χ4v) is 3.21. The maximum atomic E-state index is 12.7. The van der Waals surface area contributed by atoms with Crippen molar-refractivity contribution in [2.45, 2.75) is 0 Å². The van der Waals surface area contributed by atoms with Crippen LogP contribution in [0.15, 0.2) is 78.9 Å². The molecular weight excluding hydrogens is 354 g/mol. The predicted octanol–water partition coefficient (Wildman–Crippen LogP) is 3.59. The van der Waals surface area contributed by atoms with Gasteiger partial charge in [0.2, 0.25) is 0 Å². The minimum Gasteiger partial charge on any atom is -0.491 e. The minimum absolute atomic E-state index is 0.102. The molecule has 5 heteroatoms. The Morgan fingerprint density at radius 2 is 1.32 bits per heavy atom. The first-order valence-corrected chi connectivity index (χ1v) is 8.93. The van der Waals surface area contributed by atoms with Crippen molar-refractivity contribution >= 4 is 17.6 Å². The summed E-state index contributed by atoms with van der Waals surface area (Å²) in [5.41, 5.74) is 1.83. The number of nitrogens with zero attached hydrogens (tertiary/aromatic N) is 1. The lowest BCUT2D eigenvalue weighted by atomic mass is 10.0. The number of hydrogen-bond acceptors (Lipinski definition) is 4. The van der Waals surface area contributed by atoms with Gasteiger partial charge < -0.3 is 4.74 Å². The SMILES string of the molecule is O=C(c1ccccc1)c1ccccc1OCCN1C(=O)c2ccccc2C1=O. The number of ether oxygens (including phenoxy) is 1. The van der Waals surface area contributed by atoms with Crippen LogP contribution in [0.1, 0.15) is 36.6 Å². The summed E-state index contributed by atoms with van der Waals surface area (Å²) in [6.07, 6.45) is 0. The fraction of sp³-hybridized carbons (Fsp3) is 0.0870. The molecule has 4 rings (SSSR count). The van der Waals surface area contributed by atoms with E-state index in [9.17, 15) is 14.4 Å². The number of ketones is 1. The van der Waals surface area contributed by atoms with Gasteiger partial charge in [-0.2, -0.15) is 0 Å². The van der Waals surface area contributed by atoms with E-state index in [1.807, 2.05) is 6.07 Å². The molecule has 1 aliphatic heterocycles. The van der Waals surface area contributed by atoms with Gasteiger partial charge in [-0.15, -0.1) is 0 Å². The van der Waals surface area contributed by atoms with Crippen molar-refractivity contribution in [3.63, 3.8) is 0 Å². The predicted molar refractivity (Wildman–Crippen MR) is 104 cm³/mol. The largest absolute Gasteiger partial charge is 0.491 e. The molecule has 0 radical (unpaired) electrons. The first kappa shape index (κ1) is 17.7. The molecule has 1 aliphatic rings. The Bertz CT molecular complexity index is 1020. The van der Waals surface area contributed by atoms with Gasteiger partial charge >= 0.3 is 0 Å². The lowest BCUT2D eigenvalue weighted by Gasteiger charge is -2.16. The van der Waals surface area contributed by atoms with Crippen LogP contribution >= 0.6 is 0 Å². The summed E-state index contributed by atoms with van der Waals surface area (Å²) in [4.78, 5) is 38.7. The van der Waals surface area contributed by atoms with E-state index in [1.54, 1.807) is 72.8 Å². The zero-order valence-electron chi connectivity index (χ0n) is 15.0. The van der Waals surface area contributed by atoms with Crippen LogP contribution in [0.3, 0.4) is 0 Å². The second-order valence-electron chi connectivity index (χ2n) is 6.35. The summed E-state index contributed by atoms with van der Waals surface area (Å²) < 4.78 is 5.77. The van der Waals surface area contributed by atoms with Gasteiger partial charge in [-0.1, -0.05) is 54.6 Å². The summed E-state index contributed by atoms with van der Waals surface area (Å²) in [5, 5.41) is 0. The van der Waals surface area contributed by atoms with Crippen LogP contribution in [0.4, 0.5) is 0 Å². The zero-order valence-corrected chi connectivity index (χ0v) is 15.0. The summed E-state index contributed by atoms with van der Waals surface area (Å²) in [6, 6.07) is 22.7. The normalized spacial score (nSPS) is 12.8. The standard InChI is InChI=1S/C23H17NO4/c25-21(16-8-2-1-3-9-16)19-12-6-7-13-20(19)28-15-14-24-22(26)17-10-4-5-11-18(17)23(24)27/h1-13H,14-15H2. The molecule has 0 spiro atoms. The number of fused-ring (bicyclic) bond motifs is 1. The highest BCUT2D eigenvalue weighted by atomic mass is 16.5. The molecular formula is C23H17NO4. The third kappa shape index (κ3) is 3.18. The molecule has 0 N–H and O–H groups in total. The Morgan fingerprint density at radius 3 is 2.00 bits per heavy atom. The van der Waals surface area contributed by atoms with Crippen LogP contribution in [0.2, 0.25) is 0 Å². The van der Waals surface area contributed by atoms with Gasteiger partial charge in [0.25, 0.3) is 11.8 Å². The fourth-order valence-electron chi connectivity index (χ4n) is 3.21. The molecule has 5 nitrogen and oxygen atoms in total. The molecule has 1 heterocycles. The highest BCUT2D eigenvalue weighted by Crippen LogP contribution is 2.24. The van der Waals surface area contributed by atoms with E-state index in [2.05, 4.69) is 0 Å². The maximum absolute atomic E-state index is 12.7. The van der Waals surface area contributed by atoms with Crippen molar-refractivity contribution in [1.82, 2.24) is 4.90 Å². The number of para-hydroxylation sites is 1. The van der Waals surface area contributed by atoms with E-state index in [4.69, 9.17) is 4.74 Å². The molecule has 0 aliphatic carbocycles. The van der Waals surface area contributed by atoms with E-state index >= 15 is 0 Å². The van der Waals surface area contributed by atoms with Crippen molar-refractivity contribution in [2.24, 2.45) is 0 Å². The van der Waals surface area contributed by atoms with Gasteiger partial charge in [-0.25, -0.2) is 0 Å². The number of carbonyl (C=O) groups is 3. The van der Waals surface area contributed by atoms with Crippen molar-refractivity contribution in [3.8, 4) is 5.75 Å². The number of rotatable bonds is 6. The van der Waals surface area contributed by atoms with E-state index < -0.39 is 0 Å². The van der Waals surface area contributed by atoms with Gasteiger partial charge in [0.15, 0.2) is 5.78 Å². The molecule has 0 atom stereocenters. The molecule has 28 heavy (non-hydrogen) atoms. The lowest BCUT2D eigenvalue weighted by Crippen LogP contribution is -2.33. The molecule has 3 aromatic carbocycles. The van der Waals surface area contributed by atoms with Crippen LogP contribution in [-0.2, 0) is 0 Å². The number of carbonyl (C=O) groups excluding carboxylic acids is 3. The highest BCUT2D eigenvalue weighted by molar-refractivity contribution is 6.21. The summed E-state index contributed by atoms with van der Waals surface area (Å²) in [7, 11) is 0. The first-order valence-electron chi connectivity index (χ1n) is 8.93. The van der Waals surface area contributed by atoms with Crippen molar-refractivity contribution in [3.05, 3.63) is 101 Å². The van der Waals surface area contributed by atoms with Crippen molar-refractivity contribution < 1.29 is 19.1 Å². The molecule has 0 bridgehead atoms. The average Bonchev–Trinajstić information content (AvgIpc) is 2.99. The van der Waals surface area contributed by atoms with Crippen molar-refractivity contribution in [1.29, 1.82) is 0 Å². The van der Waals surface area contributed by atoms with Crippen LogP contribution in [0.5, 0.6) is 5.75 Å². The third-order valence-electron chi connectivity index (χ3n) is 4.62. The summed E-state index contributed by atoms with van der Waals surface area (Å²) in [6.45, 7) is 0.213. The van der Waals surface area contributed by atoms with Gasteiger partial charge in [-0.3, -0.25) is 19.3 Å². The number of amides is 2. The second kappa shape index (κ2) is 7.48. The Kier molecular flexibility index (Phi) is 4.72. The van der Waals surface area contributed by atoms with Crippen LogP contribution in [-0.4, -0.2) is 35.6 Å². The summed E-state index contributed by atoms with van der Waals surface area (Å²) >= 11 is 0. The summed E-state index contributed by atoms with van der Waals surface area (Å²) in [5.74, 6) is -0.361. The highest BCUT2D eigenvalue weighted by Gasteiger charge is 2.34. The van der Waals surface area contributed by atoms with Crippen molar-refractivity contribution in [2.75, 3.05) is 13.2 Å². The van der Waals surface area contributed by atoms with E-state index in [0.717, 1.165) is 0 Å². The maximum Gasteiger partial charge on any atom is 0.261 e. The van der Waals surface area contributed by atoms with Crippen LogP contribution in [0.25, 0.3) is 0 Å². The average molecular weight is 371 g/mol. The number of benzene rings is 3. The minimum atomic E-state index is -0.321. The lowest BCUT2D eigenvalue weighted by molar-refractivity contribution is 0.0630. The topological polar surface area (TPSA) is 63.7 Å². The molecule has 0 unspecified atom stereocenters. The second-order valence-corrected chi connectivity index (χ2v) is 6.35. The first-order chi connectivity index (χ1) is 13.7. The quantitative estimate of drug-likeness (QED) is 0.491. The molecule has 0 saturated carbocycles. The Balaban J connectivity index is 1.46. The van der Waals surface area contributed by atoms with Crippen LogP contribution < -0.4 is 4.74 Å². The Labute approximate surface area is 162 Å². The molecule has 0 fully saturated rings. The molecule has 0 aromatic heterocycles. The Hall–Kier alpha value is -3.73. The van der Waals surface area contributed by atoms with Gasteiger partial charge in [0.05, 0.1) is 23.2 Å². The van der Waals surface area contributed by atoms with E-state index in [-0.39, 0.29) is 30.7 Å². The zero-order chi connectivity index (χ0) is 19.5. The molecule has 0 saturated heterocycles. The van der Waals surface area contributed by atoms with Gasteiger partial charge in [0.1, 0.15) is 12.4 Å². The van der Waals surface area contributed by atoms with Gasteiger partial charge in [0, 0.05) is 5.56 Å². The molecule has 138 valence electrons. The smallest absolute Gasteiger partial charge is 0.261 e. The molecule has 3 aromatic rings. The third-order valence-corrected chi connectivity index (χ3v) is 4.62. The van der Waals surface area contributed by atoms with Crippen LogP contribution in [0, 0.1) is 0 Å². The van der Waals surface area contributed by atoms with Gasteiger partial charge in [-0.05, 0) is 24.3 Å². The number of hydrogen-bond donors (Lipinski definition) is 0. The van der Waals surface area contributed by atoms with E-state index in [1.165, 1.54) is 4.90 Å².